The lowest BCUT2D eigenvalue weighted by Crippen LogP contribution is -2.48. The molecule has 0 N–H and O–H groups in total. The number of carbonyl (C=O) groups excluding carboxylic acids is 1. The number of unbranched alkanes of at least 4 members (excludes halogenated alkanes) is 12. The van der Waals surface area contributed by atoms with E-state index in [9.17, 15) is 4.79 Å². The van der Waals surface area contributed by atoms with Crippen LogP contribution in [-0.4, -0.2) is 59.9 Å². The van der Waals surface area contributed by atoms with Crippen molar-refractivity contribution in [3.63, 3.8) is 0 Å². The van der Waals surface area contributed by atoms with Crippen molar-refractivity contribution in [3.05, 3.63) is 65.2 Å². The molecule has 3 rings (SSSR count). The Hall–Kier alpha value is -2.77. The van der Waals surface area contributed by atoms with Gasteiger partial charge < -0.3 is 19.3 Å². The van der Waals surface area contributed by atoms with Crippen LogP contribution in [0.1, 0.15) is 140 Å². The molecule has 1 heterocycles. The molecule has 0 aromatic heterocycles. The van der Waals surface area contributed by atoms with Crippen LogP contribution in [-0.2, 0) is 22.5 Å². The van der Waals surface area contributed by atoms with E-state index in [1.807, 2.05) is 26.8 Å². The Bertz CT molecular complexity index is 1280. The highest BCUT2D eigenvalue weighted by Crippen LogP contribution is 2.42. The Morgan fingerprint density at radius 1 is 0.878 bits per heavy atom. The highest BCUT2D eigenvalue weighted by atomic mass is 32.1. The maximum atomic E-state index is 13.8. The lowest BCUT2D eigenvalue weighted by molar-refractivity contribution is -0.151. The molecule has 2 aromatic rings. The average Bonchev–Trinajstić information content (AvgIpc) is 3.07. The molecule has 2 unspecified atom stereocenters. The summed E-state index contributed by atoms with van der Waals surface area (Å²) in [6, 6.07) is 16.5. The molecule has 0 saturated heterocycles. The topological polar surface area (TPSA) is 54.4 Å². The Kier molecular flexibility index (Phi) is 19.0. The van der Waals surface area contributed by atoms with Gasteiger partial charge in [0.15, 0.2) is 5.11 Å². The van der Waals surface area contributed by atoms with Gasteiger partial charge in [0.05, 0.1) is 19.3 Å². The number of hydrogen-bond donors (Lipinski definition) is 0. The second-order valence-electron chi connectivity index (χ2n) is 14.2. The van der Waals surface area contributed by atoms with E-state index in [1.165, 1.54) is 88.2 Å². The van der Waals surface area contributed by atoms with Gasteiger partial charge in [-0.1, -0.05) is 126 Å². The molecule has 0 bridgehead atoms. The van der Waals surface area contributed by atoms with Gasteiger partial charge >= 0.3 is 5.97 Å². The first kappa shape index (κ1) is 40.7. The standard InChI is InChI=1S/C42H65N3O3S/c1-7-8-9-10-11-12-13-14-15-16-17-18-22-27-36-28-23-29-37(47-6)39(36)40-38(41(46)48-33(2)3)34(4)43-42(49)45(40)31-24-30-44(5)32-35-25-20-19-21-26-35/h19-21,23,25-26,28-29,33,38,40H,7-18,22,24,27,30-32H2,1-6H3. The number of hydrogen-bond acceptors (Lipinski definition) is 5. The zero-order valence-corrected chi connectivity index (χ0v) is 32.4. The van der Waals surface area contributed by atoms with Crippen LogP contribution >= 0.6 is 12.2 Å². The van der Waals surface area contributed by atoms with Gasteiger partial charge in [0, 0.05) is 24.4 Å². The van der Waals surface area contributed by atoms with Crippen molar-refractivity contribution in [1.29, 1.82) is 0 Å². The summed E-state index contributed by atoms with van der Waals surface area (Å²) < 4.78 is 11.9. The number of esters is 1. The summed E-state index contributed by atoms with van der Waals surface area (Å²) in [5.41, 5.74) is 4.26. The molecule has 0 aliphatic carbocycles. The molecule has 272 valence electrons. The van der Waals surface area contributed by atoms with E-state index >= 15 is 0 Å². The van der Waals surface area contributed by atoms with Gasteiger partial charge in [-0.2, -0.15) is 0 Å². The molecule has 0 spiro atoms. The SMILES string of the molecule is CCCCCCCCCCCCCCCc1cccc(OC)c1C1C(C(=O)OC(C)C)C(C)=NC(=S)N1CCCN(C)Cc1ccccc1. The monoisotopic (exact) mass is 691 g/mol. The quantitative estimate of drug-likeness (QED) is 0.0620. The van der Waals surface area contributed by atoms with Crippen molar-refractivity contribution < 1.29 is 14.3 Å². The average molecular weight is 692 g/mol. The van der Waals surface area contributed by atoms with Crippen molar-refractivity contribution in [2.75, 3.05) is 27.2 Å². The van der Waals surface area contributed by atoms with Crippen molar-refractivity contribution in [2.24, 2.45) is 10.9 Å². The van der Waals surface area contributed by atoms with Crippen LogP contribution in [0.5, 0.6) is 5.75 Å². The van der Waals surface area contributed by atoms with Crippen LogP contribution in [0.4, 0.5) is 0 Å². The summed E-state index contributed by atoms with van der Waals surface area (Å²) >= 11 is 5.94. The van der Waals surface area contributed by atoms with Crippen molar-refractivity contribution in [1.82, 2.24) is 9.80 Å². The molecule has 0 saturated carbocycles. The molecule has 1 aliphatic heterocycles. The zero-order chi connectivity index (χ0) is 35.4. The number of nitrogens with zero attached hydrogens (tertiary/aromatic N) is 3. The van der Waals surface area contributed by atoms with Crippen LogP contribution in [0.25, 0.3) is 0 Å². The summed E-state index contributed by atoms with van der Waals surface area (Å²) in [4.78, 5) is 23.1. The largest absolute Gasteiger partial charge is 0.496 e. The minimum absolute atomic E-state index is 0.224. The van der Waals surface area contributed by atoms with Crippen LogP contribution in [0, 0.1) is 5.92 Å². The maximum absolute atomic E-state index is 13.8. The van der Waals surface area contributed by atoms with E-state index in [2.05, 4.69) is 66.2 Å². The first-order valence-electron chi connectivity index (χ1n) is 19.2. The molecular formula is C42H65N3O3S. The van der Waals surface area contributed by atoms with E-state index in [1.54, 1.807) is 7.11 Å². The molecule has 0 amide bonds. The third kappa shape index (κ3) is 13.8. The van der Waals surface area contributed by atoms with E-state index in [0.29, 0.717) is 17.4 Å². The van der Waals surface area contributed by atoms with Gasteiger partial charge in [-0.25, -0.2) is 4.99 Å². The number of aliphatic imine (C=N–C) groups is 1. The van der Waals surface area contributed by atoms with E-state index in [0.717, 1.165) is 43.7 Å². The third-order valence-corrected chi connectivity index (χ3v) is 10.0. The molecule has 6 nitrogen and oxygen atoms in total. The van der Waals surface area contributed by atoms with Gasteiger partial charge in [0.25, 0.3) is 0 Å². The van der Waals surface area contributed by atoms with Crippen molar-refractivity contribution in [3.8, 4) is 5.75 Å². The smallest absolute Gasteiger partial charge is 0.317 e. The lowest BCUT2D eigenvalue weighted by Gasteiger charge is -2.42. The Labute approximate surface area is 304 Å². The van der Waals surface area contributed by atoms with Gasteiger partial charge in [0.1, 0.15) is 11.7 Å². The lowest BCUT2D eigenvalue weighted by atomic mass is 9.83. The number of carbonyl (C=O) groups is 1. The number of rotatable bonds is 24. The van der Waals surface area contributed by atoms with Gasteiger partial charge in [0.2, 0.25) is 0 Å². The fourth-order valence-corrected chi connectivity index (χ4v) is 7.46. The molecule has 49 heavy (non-hydrogen) atoms. The predicted octanol–water partition coefficient (Wildman–Crippen LogP) is 10.5. The van der Waals surface area contributed by atoms with Crippen LogP contribution < -0.4 is 4.74 Å². The predicted molar refractivity (Wildman–Crippen MR) is 210 cm³/mol. The molecule has 2 aromatic carbocycles. The minimum atomic E-state index is -0.571. The van der Waals surface area contributed by atoms with Gasteiger partial charge in [-0.3, -0.25) is 4.79 Å². The summed E-state index contributed by atoms with van der Waals surface area (Å²) in [5, 5.41) is 0.527. The van der Waals surface area contributed by atoms with Crippen molar-refractivity contribution >= 4 is 29.0 Å². The Morgan fingerprint density at radius 3 is 2.08 bits per heavy atom. The normalized spacial score (nSPS) is 16.4. The number of aryl methyl sites for hydroxylation is 1. The molecule has 7 heteroatoms. The maximum Gasteiger partial charge on any atom is 0.317 e. The number of benzene rings is 2. The highest BCUT2D eigenvalue weighted by molar-refractivity contribution is 7.80. The molecule has 2 atom stereocenters. The van der Waals surface area contributed by atoms with Gasteiger partial charge in [-0.15, -0.1) is 0 Å². The summed E-state index contributed by atoms with van der Waals surface area (Å²) in [5.74, 6) is -0.0335. The minimum Gasteiger partial charge on any atom is -0.496 e. The first-order chi connectivity index (χ1) is 23.8. The zero-order valence-electron chi connectivity index (χ0n) is 31.6. The Balaban J connectivity index is 1.70. The van der Waals surface area contributed by atoms with E-state index in [-0.39, 0.29) is 18.1 Å². The van der Waals surface area contributed by atoms with Gasteiger partial charge in [-0.05, 0) is 83.0 Å². The summed E-state index contributed by atoms with van der Waals surface area (Å²) in [6.07, 6.45) is 18.9. The van der Waals surface area contributed by atoms with Crippen LogP contribution in [0.2, 0.25) is 0 Å². The molecule has 0 fully saturated rings. The number of thiocarbonyl (C=S) groups is 1. The van der Waals surface area contributed by atoms with Crippen LogP contribution in [0.3, 0.4) is 0 Å². The fraction of sp³-hybridized carbons (Fsp3) is 0.643. The molecule has 1 aliphatic rings. The second-order valence-corrected chi connectivity index (χ2v) is 14.6. The van der Waals surface area contributed by atoms with E-state index < -0.39 is 5.92 Å². The summed E-state index contributed by atoms with van der Waals surface area (Å²) in [6.45, 7) is 10.4. The summed E-state index contributed by atoms with van der Waals surface area (Å²) in [7, 11) is 3.87. The third-order valence-electron chi connectivity index (χ3n) is 9.68. The number of ether oxygens (including phenoxy) is 2. The Morgan fingerprint density at radius 2 is 1.49 bits per heavy atom. The number of methoxy groups -OCH3 is 1. The second kappa shape index (κ2) is 22.8. The van der Waals surface area contributed by atoms with Crippen molar-refractivity contribution in [2.45, 2.75) is 143 Å². The van der Waals surface area contributed by atoms with Crippen LogP contribution in [0.15, 0.2) is 53.5 Å². The molecule has 0 radical (unpaired) electrons. The first-order valence-corrected chi connectivity index (χ1v) is 19.6. The fourth-order valence-electron chi connectivity index (χ4n) is 7.11. The molecular weight excluding hydrogens is 627 g/mol. The van der Waals surface area contributed by atoms with E-state index in [4.69, 9.17) is 26.7 Å². The highest BCUT2D eigenvalue weighted by Gasteiger charge is 2.44.